The van der Waals surface area contributed by atoms with Gasteiger partial charge >= 0.3 is 0 Å². The number of aromatic nitrogens is 3. The zero-order valence-corrected chi connectivity index (χ0v) is 14.5. The van der Waals surface area contributed by atoms with Crippen molar-refractivity contribution in [3.05, 3.63) is 53.0 Å². The van der Waals surface area contributed by atoms with E-state index in [1.807, 2.05) is 41.9 Å². The molecule has 0 spiro atoms. The van der Waals surface area contributed by atoms with E-state index in [1.165, 1.54) is 0 Å². The van der Waals surface area contributed by atoms with Crippen LogP contribution in [0.1, 0.15) is 11.3 Å². The van der Waals surface area contributed by atoms with Crippen LogP contribution in [0.2, 0.25) is 0 Å². The highest BCUT2D eigenvalue weighted by molar-refractivity contribution is 7.10. The third-order valence-electron chi connectivity index (χ3n) is 4.27. The first-order valence-corrected chi connectivity index (χ1v) is 9.19. The van der Waals surface area contributed by atoms with E-state index in [4.69, 9.17) is 0 Å². The second-order valence-corrected chi connectivity index (χ2v) is 7.11. The fourth-order valence-electron chi connectivity index (χ4n) is 3.05. The molecule has 1 atom stereocenters. The maximum Gasteiger partial charge on any atom is 0.225 e. The van der Waals surface area contributed by atoms with E-state index < -0.39 is 0 Å². The largest absolute Gasteiger partial charge is 0.360 e. The van der Waals surface area contributed by atoms with E-state index in [1.54, 1.807) is 17.5 Å². The van der Waals surface area contributed by atoms with Crippen LogP contribution in [-0.4, -0.2) is 40.0 Å². The molecule has 4 rings (SSSR count). The van der Waals surface area contributed by atoms with Crippen LogP contribution in [0.15, 0.2) is 48.1 Å². The number of carbonyl (C=O) groups excluding carboxylic acids is 1. The number of H-pyrrole nitrogens is 1. The number of thiophene rings is 1. The molecule has 1 unspecified atom stereocenters. The Hall–Kier alpha value is -2.67. The van der Waals surface area contributed by atoms with Gasteiger partial charge in [0.15, 0.2) is 0 Å². The highest BCUT2D eigenvalue weighted by Crippen LogP contribution is 2.20. The van der Waals surface area contributed by atoms with Crippen LogP contribution >= 0.6 is 11.3 Å². The van der Waals surface area contributed by atoms with Crippen molar-refractivity contribution in [2.75, 3.05) is 18.0 Å². The van der Waals surface area contributed by atoms with Crippen molar-refractivity contribution in [3.8, 4) is 11.4 Å². The topological polar surface area (TPSA) is 73.9 Å². The number of amides is 1. The molecule has 0 bridgehead atoms. The Morgan fingerprint density at radius 1 is 1.36 bits per heavy atom. The Labute approximate surface area is 149 Å². The summed E-state index contributed by atoms with van der Waals surface area (Å²) in [6.45, 7) is 1.59. The van der Waals surface area contributed by atoms with E-state index in [9.17, 15) is 4.79 Å². The van der Waals surface area contributed by atoms with E-state index >= 15 is 0 Å². The molecule has 1 aliphatic rings. The molecule has 3 aromatic rings. The number of hydrogen-bond acceptors (Lipinski definition) is 5. The predicted octanol–water partition coefficient (Wildman–Crippen LogP) is 2.47. The van der Waals surface area contributed by atoms with Gasteiger partial charge in [0, 0.05) is 36.4 Å². The van der Waals surface area contributed by atoms with Gasteiger partial charge < -0.3 is 15.2 Å². The van der Waals surface area contributed by atoms with Crippen molar-refractivity contribution in [2.24, 2.45) is 0 Å². The van der Waals surface area contributed by atoms with Crippen LogP contribution in [-0.2, 0) is 11.2 Å². The molecule has 25 heavy (non-hydrogen) atoms. The summed E-state index contributed by atoms with van der Waals surface area (Å²) in [5.41, 5.74) is 1.85. The molecule has 1 aliphatic heterocycles. The summed E-state index contributed by atoms with van der Waals surface area (Å²) in [6.07, 6.45) is 5.02. The van der Waals surface area contributed by atoms with Crippen LogP contribution in [0, 0.1) is 0 Å². The molecule has 128 valence electrons. The zero-order chi connectivity index (χ0) is 17.1. The van der Waals surface area contributed by atoms with Crippen LogP contribution in [0.4, 0.5) is 5.95 Å². The number of anilines is 1. The van der Waals surface area contributed by atoms with Gasteiger partial charge in [-0.1, -0.05) is 6.07 Å². The lowest BCUT2D eigenvalue weighted by Gasteiger charge is -2.17. The minimum atomic E-state index is 0.0790. The van der Waals surface area contributed by atoms with Gasteiger partial charge in [0.1, 0.15) is 0 Å². The van der Waals surface area contributed by atoms with Crippen molar-refractivity contribution >= 4 is 23.2 Å². The van der Waals surface area contributed by atoms with Crippen molar-refractivity contribution in [3.63, 3.8) is 0 Å². The third-order valence-corrected chi connectivity index (χ3v) is 5.14. The Bertz CT molecular complexity index is 831. The molecule has 1 amide bonds. The minimum Gasteiger partial charge on any atom is -0.360 e. The summed E-state index contributed by atoms with van der Waals surface area (Å²) in [7, 11) is 0. The average Bonchev–Trinajstić information content (AvgIpc) is 3.38. The van der Waals surface area contributed by atoms with E-state index in [2.05, 4.69) is 25.2 Å². The predicted molar refractivity (Wildman–Crippen MR) is 98.6 cm³/mol. The molecule has 4 heterocycles. The van der Waals surface area contributed by atoms with Crippen molar-refractivity contribution in [1.82, 2.24) is 20.3 Å². The van der Waals surface area contributed by atoms with Crippen LogP contribution in [0.3, 0.4) is 0 Å². The lowest BCUT2D eigenvalue weighted by atomic mass is 10.2. The Morgan fingerprint density at radius 2 is 2.32 bits per heavy atom. The van der Waals surface area contributed by atoms with Crippen LogP contribution < -0.4 is 10.2 Å². The molecule has 1 fully saturated rings. The summed E-state index contributed by atoms with van der Waals surface area (Å²) >= 11 is 1.61. The molecule has 0 radical (unpaired) electrons. The number of nitrogens with one attached hydrogen (secondary N) is 2. The van der Waals surface area contributed by atoms with Crippen molar-refractivity contribution in [1.29, 1.82) is 0 Å². The van der Waals surface area contributed by atoms with Crippen molar-refractivity contribution in [2.45, 2.75) is 18.9 Å². The van der Waals surface area contributed by atoms with Crippen LogP contribution in [0.5, 0.6) is 0 Å². The number of hydrogen-bond donors (Lipinski definition) is 2. The smallest absolute Gasteiger partial charge is 0.225 e. The third kappa shape index (κ3) is 3.71. The number of nitrogens with zero attached hydrogens (tertiary/aromatic N) is 3. The van der Waals surface area contributed by atoms with Gasteiger partial charge in [-0.2, -0.15) is 0 Å². The fourth-order valence-corrected chi connectivity index (χ4v) is 3.75. The first kappa shape index (κ1) is 15.8. The van der Waals surface area contributed by atoms with Gasteiger partial charge in [-0.05, 0) is 36.1 Å². The minimum absolute atomic E-state index is 0.0790. The lowest BCUT2D eigenvalue weighted by Crippen LogP contribution is -2.38. The normalized spacial score (nSPS) is 17.0. The maximum atomic E-state index is 12.2. The Morgan fingerprint density at radius 3 is 3.12 bits per heavy atom. The highest BCUT2D eigenvalue weighted by Gasteiger charge is 2.25. The molecule has 7 heteroatoms. The molecular weight excluding hydrogens is 334 g/mol. The number of aromatic amines is 1. The van der Waals surface area contributed by atoms with E-state index in [-0.39, 0.29) is 11.9 Å². The first-order chi connectivity index (χ1) is 12.3. The molecule has 6 nitrogen and oxygen atoms in total. The second kappa shape index (κ2) is 7.06. The first-order valence-electron chi connectivity index (χ1n) is 8.31. The second-order valence-electron chi connectivity index (χ2n) is 6.08. The standard InChI is InChI=1S/C18H19N5OS/c24-17(11-14-3-2-10-25-14)21-13-6-9-23(12-13)18-20-8-5-16(22-18)15-4-1-7-19-15/h1-5,7-8,10,13,19H,6,9,11-12H2,(H,21,24). The summed E-state index contributed by atoms with van der Waals surface area (Å²) in [4.78, 5) is 27.6. The molecule has 1 saturated heterocycles. The Balaban J connectivity index is 1.37. The molecule has 0 aliphatic carbocycles. The monoisotopic (exact) mass is 353 g/mol. The quantitative estimate of drug-likeness (QED) is 0.739. The molecule has 0 saturated carbocycles. The van der Waals surface area contributed by atoms with E-state index in [0.29, 0.717) is 12.4 Å². The SMILES string of the molecule is O=C(Cc1cccs1)NC1CCN(c2nccc(-c3ccc[nH]3)n2)C1. The molecule has 0 aromatic carbocycles. The van der Waals surface area contributed by atoms with Gasteiger partial charge in [-0.25, -0.2) is 9.97 Å². The highest BCUT2D eigenvalue weighted by atomic mass is 32.1. The van der Waals surface area contributed by atoms with E-state index in [0.717, 1.165) is 35.8 Å². The summed E-state index contributed by atoms with van der Waals surface area (Å²) in [6, 6.07) is 9.94. The van der Waals surface area contributed by atoms with Crippen molar-refractivity contribution < 1.29 is 4.79 Å². The number of rotatable bonds is 5. The Kier molecular flexibility index (Phi) is 4.47. The summed E-state index contributed by atoms with van der Waals surface area (Å²) < 4.78 is 0. The maximum absolute atomic E-state index is 12.2. The molecule has 3 aromatic heterocycles. The van der Waals surface area contributed by atoms with Crippen LogP contribution in [0.25, 0.3) is 11.4 Å². The van der Waals surface area contributed by atoms with Gasteiger partial charge in [-0.3, -0.25) is 4.79 Å². The lowest BCUT2D eigenvalue weighted by molar-refractivity contribution is -0.120. The molecular formula is C18H19N5OS. The summed E-state index contributed by atoms with van der Waals surface area (Å²) in [5.74, 6) is 0.789. The summed E-state index contributed by atoms with van der Waals surface area (Å²) in [5, 5.41) is 5.12. The molecule has 2 N–H and O–H groups in total. The fraction of sp³-hybridized carbons (Fsp3) is 0.278. The van der Waals surface area contributed by atoms with Gasteiger partial charge in [0.2, 0.25) is 11.9 Å². The zero-order valence-electron chi connectivity index (χ0n) is 13.7. The van der Waals surface area contributed by atoms with Gasteiger partial charge in [-0.15, -0.1) is 11.3 Å². The average molecular weight is 353 g/mol. The van der Waals surface area contributed by atoms with Gasteiger partial charge in [0.05, 0.1) is 17.8 Å². The number of carbonyl (C=O) groups is 1. The van der Waals surface area contributed by atoms with Gasteiger partial charge in [0.25, 0.3) is 0 Å².